The van der Waals surface area contributed by atoms with Gasteiger partial charge in [-0.15, -0.1) is 0 Å². The number of hydrogen-bond donors (Lipinski definition) is 5. The van der Waals surface area contributed by atoms with Crippen LogP contribution in [0.4, 0.5) is 15.8 Å². The first-order valence-electron chi connectivity index (χ1n) is 15.3. The average Bonchev–Trinajstić information content (AvgIpc) is 3.37. The van der Waals surface area contributed by atoms with Gasteiger partial charge in [0.2, 0.25) is 5.91 Å². The molecule has 1 fully saturated rings. The Kier molecular flexibility index (Phi) is 16.2. The van der Waals surface area contributed by atoms with Gasteiger partial charge in [-0.3, -0.25) is 9.79 Å². The van der Waals surface area contributed by atoms with Crippen LogP contribution in [0.25, 0.3) is 10.9 Å². The zero-order valence-corrected chi connectivity index (χ0v) is 26.8. The normalized spacial score (nSPS) is 15.6. The van der Waals surface area contributed by atoms with Gasteiger partial charge in [-0.05, 0) is 57.9 Å². The van der Waals surface area contributed by atoms with Crippen LogP contribution in [0.15, 0.2) is 51.9 Å². The number of unbranched alkanes of at least 4 members (excludes halogenated alkanes) is 1. The molecule has 0 saturated heterocycles. The molecule has 8 N–H and O–H groups in total. The van der Waals surface area contributed by atoms with Gasteiger partial charge in [-0.2, -0.15) is 0 Å². The largest absolute Gasteiger partial charge is 0.398 e. The number of hydrogen-bond acceptors (Lipinski definition) is 5. The fraction of sp³-hybridized carbons (Fsp3) is 0.500. The van der Waals surface area contributed by atoms with E-state index in [-0.39, 0.29) is 0 Å². The number of benzene rings is 1. The van der Waals surface area contributed by atoms with Gasteiger partial charge in [0.15, 0.2) is 0 Å². The maximum absolute atomic E-state index is 14.2. The lowest BCUT2D eigenvalue weighted by Gasteiger charge is -2.13. The number of primary amides is 1. The number of allylic oxidation sites excluding steroid dienone is 5. The topological polar surface area (TPSA) is 147 Å². The number of carbonyl (C=O) groups is 1. The number of H-pyrrole nitrogens is 1. The number of anilines is 1. The summed E-state index contributed by atoms with van der Waals surface area (Å²) in [6.07, 6.45) is 16.1. The molecule has 1 aromatic heterocycles. The number of carbonyl (C=O) groups excluding carboxylic acids is 1. The molecule has 8 heteroatoms. The van der Waals surface area contributed by atoms with E-state index in [9.17, 15) is 9.18 Å². The van der Waals surface area contributed by atoms with E-state index in [4.69, 9.17) is 27.6 Å². The number of nitrogen functional groups attached to an aromatic ring is 1. The van der Waals surface area contributed by atoms with Crippen molar-refractivity contribution in [3.05, 3.63) is 58.2 Å². The maximum Gasteiger partial charge on any atom is 0.226 e. The van der Waals surface area contributed by atoms with E-state index in [0.29, 0.717) is 56.9 Å². The number of fused-ring (bicyclic) bond motifs is 1. The van der Waals surface area contributed by atoms with Gasteiger partial charge < -0.3 is 27.6 Å². The van der Waals surface area contributed by atoms with Crippen LogP contribution in [0.3, 0.4) is 0 Å². The number of aromatic nitrogens is 1. The van der Waals surface area contributed by atoms with E-state index in [1.54, 1.807) is 32.9 Å². The maximum atomic E-state index is 14.2. The van der Waals surface area contributed by atoms with E-state index in [0.717, 1.165) is 11.8 Å². The van der Waals surface area contributed by atoms with Crippen molar-refractivity contribution in [3.63, 3.8) is 0 Å². The van der Waals surface area contributed by atoms with Gasteiger partial charge in [0.1, 0.15) is 5.83 Å². The molecule has 0 bridgehead atoms. The molecule has 1 amide bonds. The first kappa shape index (κ1) is 36.3. The van der Waals surface area contributed by atoms with Gasteiger partial charge in [0.25, 0.3) is 0 Å². The Morgan fingerprint density at radius 3 is 2.05 bits per heavy atom. The van der Waals surface area contributed by atoms with E-state index >= 15 is 0 Å². The quantitative estimate of drug-likeness (QED) is 0.114. The highest BCUT2D eigenvalue weighted by Crippen LogP contribution is 2.39. The van der Waals surface area contributed by atoms with Gasteiger partial charge in [0, 0.05) is 45.4 Å². The minimum Gasteiger partial charge on any atom is -0.398 e. The summed E-state index contributed by atoms with van der Waals surface area (Å²) in [6, 6.07) is 3.44. The molecule has 1 aromatic carbocycles. The lowest BCUT2D eigenvalue weighted by atomic mass is 10.00. The molecule has 0 spiro atoms. The third-order valence-corrected chi connectivity index (χ3v) is 7.55. The van der Waals surface area contributed by atoms with Gasteiger partial charge in [-0.1, -0.05) is 78.2 Å². The van der Waals surface area contributed by atoms with Crippen molar-refractivity contribution in [2.24, 2.45) is 16.5 Å². The predicted molar refractivity (Wildman–Crippen MR) is 179 cm³/mol. The molecule has 7 nitrogen and oxygen atoms in total. The summed E-state index contributed by atoms with van der Waals surface area (Å²) in [7, 11) is 0. The molecule has 1 aliphatic rings. The molecule has 0 aliphatic heterocycles. The van der Waals surface area contributed by atoms with E-state index in [1.165, 1.54) is 63.5 Å². The first-order chi connectivity index (χ1) is 20.0. The monoisotopic (exact) mass is 580 g/mol. The Hall–Kier alpha value is -3.68. The highest BCUT2D eigenvalue weighted by atomic mass is 19.1. The van der Waals surface area contributed by atoms with Gasteiger partial charge >= 0.3 is 0 Å². The van der Waals surface area contributed by atoms with Crippen molar-refractivity contribution in [2.75, 3.05) is 5.73 Å². The molecular formula is C34H53FN6O. The van der Waals surface area contributed by atoms with Gasteiger partial charge in [-0.25, -0.2) is 4.39 Å². The highest BCUT2D eigenvalue weighted by Gasteiger charge is 2.23. The Morgan fingerprint density at radius 1 is 1.07 bits per heavy atom. The second-order valence-electron chi connectivity index (χ2n) is 10.7. The zero-order chi connectivity index (χ0) is 31.8. The molecule has 1 aliphatic carbocycles. The van der Waals surface area contributed by atoms with Crippen LogP contribution in [-0.2, 0) is 4.79 Å². The summed E-state index contributed by atoms with van der Waals surface area (Å²) in [5.41, 5.74) is 22.6. The lowest BCUT2D eigenvalue weighted by molar-refractivity contribution is -0.119. The number of nitrogens with zero attached hydrogens (tertiary/aromatic N) is 1. The minimum absolute atomic E-state index is 0.399. The van der Waals surface area contributed by atoms with E-state index < -0.39 is 17.7 Å². The first-order valence-corrected chi connectivity index (χ1v) is 15.3. The molecule has 3 rings (SSSR count). The molecule has 2 aromatic rings. The molecule has 1 heterocycles. The summed E-state index contributed by atoms with van der Waals surface area (Å²) in [5, 5.41) is 8.43. The molecular weight excluding hydrogens is 527 g/mol. The fourth-order valence-electron chi connectivity index (χ4n) is 4.37. The highest BCUT2D eigenvalue weighted by molar-refractivity contribution is 6.12. The summed E-state index contributed by atoms with van der Waals surface area (Å²) in [6.45, 7) is 13.2. The van der Waals surface area contributed by atoms with Crippen molar-refractivity contribution in [3.8, 4) is 0 Å². The van der Waals surface area contributed by atoms with E-state index in [2.05, 4.69) is 18.8 Å². The Bertz CT molecular complexity index is 1300. The fourth-order valence-corrected chi connectivity index (χ4v) is 4.37. The Balaban J connectivity index is 0.000000745. The van der Waals surface area contributed by atoms with Crippen LogP contribution in [0, 0.1) is 5.41 Å². The van der Waals surface area contributed by atoms with Crippen LogP contribution >= 0.6 is 0 Å². The van der Waals surface area contributed by atoms with Crippen molar-refractivity contribution in [1.29, 1.82) is 5.41 Å². The number of aliphatic imine (C=N–C) groups is 1. The van der Waals surface area contributed by atoms with Crippen molar-refractivity contribution >= 4 is 40.1 Å². The van der Waals surface area contributed by atoms with E-state index in [1.807, 2.05) is 13.8 Å². The molecule has 1 atom stereocenters. The van der Waals surface area contributed by atoms with Crippen LogP contribution < -0.4 is 17.2 Å². The van der Waals surface area contributed by atoms with Crippen LogP contribution in [0.2, 0.25) is 0 Å². The SMILES string of the molecule is C1CCCCC1.CCCC.C\C=C(F)/C=C(C(C)=Nc1c(C(C)C(N)=O)[nH]c2ccc(N)c(C=N)c12)\C(N)=C(/C)CC. The third kappa shape index (κ3) is 10.3. The van der Waals surface area contributed by atoms with Crippen molar-refractivity contribution in [2.45, 2.75) is 112 Å². The smallest absolute Gasteiger partial charge is 0.226 e. The number of nitrogens with one attached hydrogen (secondary N) is 2. The number of nitrogens with two attached hydrogens (primary N) is 3. The average molecular weight is 581 g/mol. The summed E-state index contributed by atoms with van der Waals surface area (Å²) < 4.78 is 14.2. The molecule has 0 radical (unpaired) electrons. The van der Waals surface area contributed by atoms with Crippen molar-refractivity contribution in [1.82, 2.24) is 4.98 Å². The molecule has 1 unspecified atom stereocenters. The summed E-state index contributed by atoms with van der Waals surface area (Å²) in [4.78, 5) is 19.9. The Morgan fingerprint density at radius 2 is 1.62 bits per heavy atom. The molecule has 1 saturated carbocycles. The standard InChI is InChI=1S/C24H31FN6O.C6H12.C4H10/c1-6-12(3)21(28)16(10-15(25)7-2)14(5)30-23-20-17(11-26)18(27)8-9-19(20)31-22(23)13(4)24(29)32;1-2-4-6-5-3-1;1-3-4-2/h7-11,13,26,31H,6,27-28H2,1-5H3,(H2,29,32);1-6H2;3-4H2,1-2H3/b15-7+,16-10-,21-12-,26-11?,30-14?;;. The Labute approximate surface area is 252 Å². The van der Waals surface area contributed by atoms with Gasteiger partial charge in [0.05, 0.1) is 17.3 Å². The minimum atomic E-state index is -0.682. The van der Waals surface area contributed by atoms with Crippen LogP contribution in [0.5, 0.6) is 0 Å². The summed E-state index contributed by atoms with van der Waals surface area (Å²) >= 11 is 0. The second kappa shape index (κ2) is 18.7. The number of halogens is 1. The zero-order valence-electron chi connectivity index (χ0n) is 26.8. The second-order valence-corrected chi connectivity index (χ2v) is 10.7. The third-order valence-electron chi connectivity index (χ3n) is 7.55. The van der Waals surface area contributed by atoms with Crippen LogP contribution in [-0.4, -0.2) is 22.8 Å². The van der Waals surface area contributed by atoms with Crippen LogP contribution in [0.1, 0.15) is 123 Å². The lowest BCUT2D eigenvalue weighted by Crippen LogP contribution is -2.19. The number of rotatable bonds is 9. The number of amides is 1. The molecule has 232 valence electrons. The van der Waals surface area contributed by atoms with Crippen molar-refractivity contribution < 1.29 is 9.18 Å². The predicted octanol–water partition coefficient (Wildman–Crippen LogP) is 9.02. The molecule has 42 heavy (non-hydrogen) atoms. The number of aromatic amines is 1. The summed E-state index contributed by atoms with van der Waals surface area (Å²) in [5.74, 6) is -1.67.